The first-order valence-corrected chi connectivity index (χ1v) is 9.75. The third kappa shape index (κ3) is 4.38. The molecule has 0 aromatic carbocycles. The number of pyridine rings is 1. The number of aromatic nitrogens is 4. The van der Waals surface area contributed by atoms with Gasteiger partial charge in [0.05, 0.1) is 5.69 Å². The molecule has 0 radical (unpaired) electrons. The molecule has 140 valence electrons. The molecule has 3 heterocycles. The van der Waals surface area contributed by atoms with Gasteiger partial charge in [-0.3, -0.25) is 9.58 Å². The van der Waals surface area contributed by atoms with E-state index < -0.39 is 5.95 Å². The number of rotatable bonds is 5. The number of piperazine rings is 1. The summed E-state index contributed by atoms with van der Waals surface area (Å²) in [5.74, 6) is 1.07. The third-order valence-corrected chi connectivity index (χ3v) is 5.54. The van der Waals surface area contributed by atoms with E-state index in [4.69, 9.17) is 0 Å². The lowest BCUT2D eigenvalue weighted by Gasteiger charge is -2.34. The molecule has 2 aliphatic rings. The van der Waals surface area contributed by atoms with E-state index in [-0.39, 0.29) is 0 Å². The molecular weight excluding hydrogens is 331 g/mol. The second-order valence-electron chi connectivity index (χ2n) is 7.52. The average molecular weight is 358 g/mol. The molecule has 0 amide bonds. The van der Waals surface area contributed by atoms with Gasteiger partial charge in [0.15, 0.2) is 0 Å². The van der Waals surface area contributed by atoms with Gasteiger partial charge in [0.1, 0.15) is 5.82 Å². The van der Waals surface area contributed by atoms with Crippen molar-refractivity contribution in [2.45, 2.75) is 45.2 Å². The van der Waals surface area contributed by atoms with Gasteiger partial charge < -0.3 is 4.90 Å². The molecular formula is C19H27FN6. The van der Waals surface area contributed by atoms with Crippen molar-refractivity contribution in [3.8, 4) is 0 Å². The van der Waals surface area contributed by atoms with Crippen molar-refractivity contribution >= 4 is 5.82 Å². The molecule has 0 spiro atoms. The van der Waals surface area contributed by atoms with E-state index in [0.717, 1.165) is 56.7 Å². The van der Waals surface area contributed by atoms with Gasteiger partial charge in [-0.2, -0.15) is 4.39 Å². The van der Waals surface area contributed by atoms with Crippen LogP contribution in [0.3, 0.4) is 0 Å². The minimum absolute atomic E-state index is 0.417. The van der Waals surface area contributed by atoms with Gasteiger partial charge in [-0.1, -0.05) is 30.5 Å². The number of hydrogen-bond acceptors (Lipinski definition) is 5. The summed E-state index contributed by atoms with van der Waals surface area (Å²) in [4.78, 5) is 8.50. The van der Waals surface area contributed by atoms with Crippen molar-refractivity contribution in [2.24, 2.45) is 5.92 Å². The molecule has 7 heteroatoms. The van der Waals surface area contributed by atoms with Crippen molar-refractivity contribution in [3.05, 3.63) is 36.0 Å². The minimum atomic E-state index is -0.417. The van der Waals surface area contributed by atoms with Crippen molar-refractivity contribution in [2.75, 3.05) is 31.1 Å². The molecule has 2 aromatic heterocycles. The van der Waals surface area contributed by atoms with Crippen LogP contribution >= 0.6 is 0 Å². The van der Waals surface area contributed by atoms with Gasteiger partial charge in [0.2, 0.25) is 5.95 Å². The summed E-state index contributed by atoms with van der Waals surface area (Å²) in [7, 11) is 0. The molecule has 0 bridgehead atoms. The molecule has 0 N–H and O–H groups in total. The Labute approximate surface area is 154 Å². The molecule has 0 atom stereocenters. The number of hydrogen-bond donors (Lipinski definition) is 0. The lowest BCUT2D eigenvalue weighted by Crippen LogP contribution is -2.46. The smallest absolute Gasteiger partial charge is 0.214 e. The summed E-state index contributed by atoms with van der Waals surface area (Å²) in [6.45, 7) is 5.39. The monoisotopic (exact) mass is 358 g/mol. The Bertz CT molecular complexity index is 704. The highest BCUT2D eigenvalue weighted by molar-refractivity contribution is 5.38. The van der Waals surface area contributed by atoms with Gasteiger partial charge >= 0.3 is 0 Å². The number of nitrogens with zero attached hydrogens (tertiary/aromatic N) is 6. The zero-order valence-electron chi connectivity index (χ0n) is 15.2. The van der Waals surface area contributed by atoms with Gasteiger partial charge in [-0.15, -0.1) is 5.10 Å². The van der Waals surface area contributed by atoms with Crippen LogP contribution in [0.1, 0.15) is 37.8 Å². The second-order valence-corrected chi connectivity index (χ2v) is 7.52. The molecule has 2 aromatic rings. The fraction of sp³-hybridized carbons (Fsp3) is 0.632. The summed E-state index contributed by atoms with van der Waals surface area (Å²) < 4.78 is 15.3. The summed E-state index contributed by atoms with van der Waals surface area (Å²) in [5, 5.41) is 8.69. The van der Waals surface area contributed by atoms with E-state index in [0.29, 0.717) is 0 Å². The van der Waals surface area contributed by atoms with E-state index in [1.165, 1.54) is 38.2 Å². The fourth-order valence-corrected chi connectivity index (χ4v) is 4.07. The first-order valence-electron chi connectivity index (χ1n) is 9.75. The third-order valence-electron chi connectivity index (χ3n) is 5.54. The number of anilines is 1. The lowest BCUT2D eigenvalue weighted by atomic mass is 9.89. The molecule has 1 saturated carbocycles. The van der Waals surface area contributed by atoms with E-state index >= 15 is 0 Å². The SMILES string of the molecule is Fc1cccc(N2CCN(Cc3cn(CC4CCCCC4)nn3)CC2)n1. The molecule has 2 fully saturated rings. The van der Waals surface area contributed by atoms with Gasteiger partial charge in [-0.25, -0.2) is 4.98 Å². The normalized spacial score (nSPS) is 19.8. The topological polar surface area (TPSA) is 50.1 Å². The number of halogens is 1. The highest BCUT2D eigenvalue weighted by Crippen LogP contribution is 2.24. The van der Waals surface area contributed by atoms with Crippen molar-refractivity contribution in [1.82, 2.24) is 24.9 Å². The van der Waals surface area contributed by atoms with E-state index in [1.807, 2.05) is 10.7 Å². The summed E-state index contributed by atoms with van der Waals surface area (Å²) in [6, 6.07) is 4.97. The first kappa shape index (κ1) is 17.4. The molecule has 1 saturated heterocycles. The molecule has 1 aliphatic carbocycles. The first-order chi connectivity index (χ1) is 12.8. The van der Waals surface area contributed by atoms with Crippen LogP contribution < -0.4 is 4.90 Å². The van der Waals surface area contributed by atoms with Gasteiger partial charge in [0, 0.05) is 45.5 Å². The Morgan fingerprint density at radius 2 is 1.85 bits per heavy atom. The maximum atomic E-state index is 13.3. The molecule has 1 aliphatic heterocycles. The van der Waals surface area contributed by atoms with Crippen LogP contribution in [0.5, 0.6) is 0 Å². The molecule has 4 rings (SSSR count). The zero-order valence-corrected chi connectivity index (χ0v) is 15.2. The van der Waals surface area contributed by atoms with Crippen LogP contribution in [-0.2, 0) is 13.1 Å². The highest BCUT2D eigenvalue weighted by atomic mass is 19.1. The van der Waals surface area contributed by atoms with Crippen LogP contribution in [-0.4, -0.2) is 51.1 Å². The zero-order chi connectivity index (χ0) is 17.8. The molecule has 6 nitrogen and oxygen atoms in total. The molecule has 0 unspecified atom stereocenters. The van der Waals surface area contributed by atoms with Crippen LogP contribution in [0.25, 0.3) is 0 Å². The van der Waals surface area contributed by atoms with Crippen LogP contribution in [0.2, 0.25) is 0 Å². The Morgan fingerprint density at radius 1 is 1.04 bits per heavy atom. The van der Waals surface area contributed by atoms with E-state index in [9.17, 15) is 4.39 Å². The highest BCUT2D eigenvalue weighted by Gasteiger charge is 2.20. The summed E-state index contributed by atoms with van der Waals surface area (Å²) >= 11 is 0. The lowest BCUT2D eigenvalue weighted by molar-refractivity contribution is 0.246. The predicted molar refractivity (Wildman–Crippen MR) is 98.3 cm³/mol. The van der Waals surface area contributed by atoms with Crippen LogP contribution in [0.15, 0.2) is 24.4 Å². The van der Waals surface area contributed by atoms with Crippen LogP contribution in [0.4, 0.5) is 10.2 Å². The summed E-state index contributed by atoms with van der Waals surface area (Å²) in [6.07, 6.45) is 8.86. The van der Waals surface area contributed by atoms with E-state index in [2.05, 4.69) is 31.3 Å². The largest absolute Gasteiger partial charge is 0.354 e. The Kier molecular flexibility index (Phi) is 5.43. The minimum Gasteiger partial charge on any atom is -0.354 e. The second kappa shape index (κ2) is 8.12. The maximum Gasteiger partial charge on any atom is 0.214 e. The fourth-order valence-electron chi connectivity index (χ4n) is 4.07. The quantitative estimate of drug-likeness (QED) is 0.769. The molecule has 26 heavy (non-hydrogen) atoms. The van der Waals surface area contributed by atoms with Crippen molar-refractivity contribution < 1.29 is 4.39 Å². The maximum absolute atomic E-state index is 13.3. The Hall–Kier alpha value is -2.02. The van der Waals surface area contributed by atoms with Crippen molar-refractivity contribution in [3.63, 3.8) is 0 Å². The Balaban J connectivity index is 1.26. The van der Waals surface area contributed by atoms with Gasteiger partial charge in [-0.05, 0) is 30.9 Å². The Morgan fingerprint density at radius 3 is 2.62 bits per heavy atom. The van der Waals surface area contributed by atoms with E-state index in [1.54, 1.807) is 6.07 Å². The standard InChI is InChI=1S/C19H27FN6/c20-18-7-4-8-19(21-18)25-11-9-24(10-12-25)14-17-15-26(23-22-17)13-16-5-2-1-3-6-16/h4,7-8,15-16H,1-3,5-6,9-14H2. The predicted octanol–water partition coefficient (Wildman–Crippen LogP) is 2.71. The van der Waals surface area contributed by atoms with Crippen molar-refractivity contribution in [1.29, 1.82) is 0 Å². The average Bonchev–Trinajstić information content (AvgIpc) is 3.10. The summed E-state index contributed by atoms with van der Waals surface area (Å²) in [5.41, 5.74) is 1.04. The van der Waals surface area contributed by atoms with Crippen LogP contribution in [0, 0.1) is 11.9 Å². The van der Waals surface area contributed by atoms with Gasteiger partial charge in [0.25, 0.3) is 0 Å².